The lowest BCUT2D eigenvalue weighted by molar-refractivity contribution is -0.122. The average Bonchev–Trinajstić information content (AvgIpc) is 2.57. The number of aryl methyl sites for hydroxylation is 1. The van der Waals surface area contributed by atoms with Crippen molar-refractivity contribution in [1.29, 1.82) is 0 Å². The van der Waals surface area contributed by atoms with Crippen LogP contribution < -0.4 is 9.62 Å². The van der Waals surface area contributed by atoms with Crippen LogP contribution in [-0.4, -0.2) is 26.6 Å². The molecule has 0 spiro atoms. The highest BCUT2D eigenvalue weighted by atomic mass is 35.5. The third-order valence-corrected chi connectivity index (χ3v) is 5.82. The van der Waals surface area contributed by atoms with Gasteiger partial charge in [0.1, 0.15) is 6.04 Å². The summed E-state index contributed by atoms with van der Waals surface area (Å²) >= 11 is 12.0. The van der Waals surface area contributed by atoms with Crippen LogP contribution in [0.1, 0.15) is 24.5 Å². The maximum absolute atomic E-state index is 12.8. The van der Waals surface area contributed by atoms with Gasteiger partial charge in [0.25, 0.3) is 0 Å². The second-order valence-electron chi connectivity index (χ2n) is 6.28. The fraction of sp³-hybridized carbons (Fsp3) is 0.316. The number of benzene rings is 2. The van der Waals surface area contributed by atoms with E-state index in [0.29, 0.717) is 27.7 Å². The number of carbonyl (C=O) groups excluding carboxylic acids is 1. The molecule has 8 heteroatoms. The molecule has 1 atom stereocenters. The predicted octanol–water partition coefficient (Wildman–Crippen LogP) is 4.16. The molecule has 5 nitrogen and oxygen atoms in total. The van der Waals surface area contributed by atoms with Gasteiger partial charge in [0.15, 0.2) is 0 Å². The van der Waals surface area contributed by atoms with Gasteiger partial charge in [0, 0.05) is 16.6 Å². The first-order chi connectivity index (χ1) is 12.6. The Morgan fingerprint density at radius 1 is 1.19 bits per heavy atom. The molecule has 1 amide bonds. The van der Waals surface area contributed by atoms with Crippen LogP contribution in [0.2, 0.25) is 10.0 Å². The van der Waals surface area contributed by atoms with Crippen LogP contribution in [0.25, 0.3) is 0 Å². The van der Waals surface area contributed by atoms with E-state index in [2.05, 4.69) is 5.32 Å². The van der Waals surface area contributed by atoms with Crippen molar-refractivity contribution >= 4 is 44.8 Å². The summed E-state index contributed by atoms with van der Waals surface area (Å²) in [7, 11) is -3.66. The van der Waals surface area contributed by atoms with Gasteiger partial charge < -0.3 is 5.32 Å². The summed E-state index contributed by atoms with van der Waals surface area (Å²) < 4.78 is 26.0. The van der Waals surface area contributed by atoms with Gasteiger partial charge in [-0.25, -0.2) is 8.42 Å². The highest BCUT2D eigenvalue weighted by Gasteiger charge is 2.31. The van der Waals surface area contributed by atoms with E-state index in [0.717, 1.165) is 11.8 Å². The summed E-state index contributed by atoms with van der Waals surface area (Å²) in [4.78, 5) is 12.8. The zero-order chi connectivity index (χ0) is 20.2. The number of amides is 1. The van der Waals surface area contributed by atoms with Crippen LogP contribution in [0.15, 0.2) is 42.5 Å². The Labute approximate surface area is 170 Å². The minimum Gasteiger partial charge on any atom is -0.350 e. The second-order valence-corrected chi connectivity index (χ2v) is 8.98. The lowest BCUT2D eigenvalue weighted by atomic mass is 10.1. The number of nitrogens with zero attached hydrogens (tertiary/aromatic N) is 1. The average molecular weight is 429 g/mol. The maximum atomic E-state index is 12.8. The van der Waals surface area contributed by atoms with Crippen molar-refractivity contribution in [1.82, 2.24) is 5.32 Å². The first-order valence-corrected chi connectivity index (χ1v) is 11.0. The number of sulfonamides is 1. The molecule has 0 heterocycles. The molecule has 0 radical (unpaired) electrons. The Morgan fingerprint density at radius 2 is 1.89 bits per heavy atom. The molecular weight excluding hydrogens is 407 g/mol. The van der Waals surface area contributed by atoms with E-state index >= 15 is 0 Å². The molecule has 0 saturated carbocycles. The number of hydrogen-bond donors (Lipinski definition) is 1. The van der Waals surface area contributed by atoms with E-state index in [1.165, 1.54) is 4.31 Å². The molecule has 27 heavy (non-hydrogen) atoms. The van der Waals surface area contributed by atoms with Gasteiger partial charge in [0.2, 0.25) is 15.9 Å². The molecule has 2 aromatic carbocycles. The predicted molar refractivity (Wildman–Crippen MR) is 111 cm³/mol. The molecule has 0 bridgehead atoms. The Morgan fingerprint density at radius 3 is 2.44 bits per heavy atom. The van der Waals surface area contributed by atoms with Gasteiger partial charge in [0.05, 0.1) is 11.9 Å². The largest absolute Gasteiger partial charge is 0.350 e. The van der Waals surface area contributed by atoms with Gasteiger partial charge in [-0.3, -0.25) is 9.10 Å². The van der Waals surface area contributed by atoms with Crippen molar-refractivity contribution in [2.45, 2.75) is 32.9 Å². The molecule has 2 aromatic rings. The third kappa shape index (κ3) is 5.61. The van der Waals surface area contributed by atoms with Crippen LogP contribution in [0, 0.1) is 6.92 Å². The zero-order valence-corrected chi connectivity index (χ0v) is 17.7. The van der Waals surface area contributed by atoms with Gasteiger partial charge in [-0.2, -0.15) is 0 Å². The molecular formula is C19H22Cl2N2O3S. The topological polar surface area (TPSA) is 66.5 Å². The SMILES string of the molecule is CC[C@H](C(=O)NCc1ccc(Cl)cc1Cl)N(c1cccc(C)c1)S(C)(=O)=O. The summed E-state index contributed by atoms with van der Waals surface area (Å²) in [6.45, 7) is 3.82. The molecule has 0 saturated heterocycles. The maximum Gasteiger partial charge on any atom is 0.244 e. The second kappa shape index (κ2) is 8.95. The number of hydrogen-bond acceptors (Lipinski definition) is 3. The van der Waals surface area contributed by atoms with E-state index in [1.54, 1.807) is 43.3 Å². The van der Waals surface area contributed by atoms with Crippen molar-refractivity contribution in [3.8, 4) is 0 Å². The molecule has 2 rings (SSSR count). The minimum atomic E-state index is -3.66. The van der Waals surface area contributed by atoms with Crippen molar-refractivity contribution in [3.05, 3.63) is 63.6 Å². The number of anilines is 1. The van der Waals surface area contributed by atoms with Gasteiger partial charge in [-0.15, -0.1) is 0 Å². The van der Waals surface area contributed by atoms with Crippen molar-refractivity contribution < 1.29 is 13.2 Å². The van der Waals surface area contributed by atoms with Gasteiger partial charge in [-0.1, -0.05) is 48.3 Å². The first kappa shape index (κ1) is 21.5. The molecule has 0 aliphatic rings. The molecule has 0 unspecified atom stereocenters. The lowest BCUT2D eigenvalue weighted by Gasteiger charge is -2.30. The lowest BCUT2D eigenvalue weighted by Crippen LogP contribution is -2.49. The Hall–Kier alpha value is -1.76. The van der Waals surface area contributed by atoms with Crippen molar-refractivity contribution in [2.75, 3.05) is 10.6 Å². The summed E-state index contributed by atoms with van der Waals surface area (Å²) in [5, 5.41) is 3.72. The van der Waals surface area contributed by atoms with Crippen LogP contribution in [0.5, 0.6) is 0 Å². The highest BCUT2D eigenvalue weighted by molar-refractivity contribution is 7.92. The monoisotopic (exact) mass is 428 g/mol. The van der Waals surface area contributed by atoms with Crippen LogP contribution in [0.4, 0.5) is 5.69 Å². The number of nitrogens with one attached hydrogen (secondary N) is 1. The fourth-order valence-corrected chi connectivity index (χ4v) is 4.47. The van der Waals surface area contributed by atoms with Gasteiger partial charge in [-0.05, 0) is 48.7 Å². The summed E-state index contributed by atoms with van der Waals surface area (Å²) in [5.41, 5.74) is 2.07. The standard InChI is InChI=1S/C19H22Cl2N2O3S/c1-4-18(19(24)22-12-14-8-9-15(20)11-17(14)21)23(27(3,25)26)16-7-5-6-13(2)10-16/h5-11,18H,4,12H2,1-3H3,(H,22,24)/t18-/m1/s1. The molecule has 0 fully saturated rings. The molecule has 0 aliphatic heterocycles. The number of rotatable bonds is 7. The Kier molecular flexibility index (Phi) is 7.14. The van der Waals surface area contributed by atoms with E-state index < -0.39 is 22.0 Å². The van der Waals surface area contributed by atoms with E-state index in [-0.39, 0.29) is 6.54 Å². The van der Waals surface area contributed by atoms with Crippen molar-refractivity contribution in [3.63, 3.8) is 0 Å². The fourth-order valence-electron chi connectivity index (χ4n) is 2.79. The third-order valence-electron chi connectivity index (χ3n) is 4.05. The Bertz CT molecular complexity index is 932. The highest BCUT2D eigenvalue weighted by Crippen LogP contribution is 2.24. The molecule has 146 valence electrons. The van der Waals surface area contributed by atoms with Crippen LogP contribution in [0.3, 0.4) is 0 Å². The zero-order valence-electron chi connectivity index (χ0n) is 15.4. The summed E-state index contributed by atoms with van der Waals surface area (Å²) in [6, 6.07) is 11.2. The van der Waals surface area contributed by atoms with E-state index in [1.807, 2.05) is 13.0 Å². The minimum absolute atomic E-state index is 0.177. The van der Waals surface area contributed by atoms with Gasteiger partial charge >= 0.3 is 0 Å². The summed E-state index contributed by atoms with van der Waals surface area (Å²) in [5.74, 6) is -0.393. The van der Waals surface area contributed by atoms with E-state index in [4.69, 9.17) is 23.2 Å². The number of carbonyl (C=O) groups is 1. The Balaban J connectivity index is 2.26. The van der Waals surface area contributed by atoms with Crippen LogP contribution in [-0.2, 0) is 21.4 Å². The van der Waals surface area contributed by atoms with Crippen LogP contribution >= 0.6 is 23.2 Å². The number of halogens is 2. The smallest absolute Gasteiger partial charge is 0.244 e. The van der Waals surface area contributed by atoms with Crippen molar-refractivity contribution in [2.24, 2.45) is 0 Å². The molecule has 0 aliphatic carbocycles. The molecule has 1 N–H and O–H groups in total. The quantitative estimate of drug-likeness (QED) is 0.719. The van der Waals surface area contributed by atoms with E-state index in [9.17, 15) is 13.2 Å². The molecule has 0 aromatic heterocycles. The first-order valence-electron chi connectivity index (χ1n) is 8.41. The normalized spacial score (nSPS) is 12.5. The summed E-state index contributed by atoms with van der Waals surface area (Å²) in [6.07, 6.45) is 1.42.